The Hall–Kier alpha value is -1.88. The van der Waals surface area contributed by atoms with Crippen LogP contribution in [0.1, 0.15) is 32.0 Å². The molecule has 0 bridgehead atoms. The van der Waals surface area contributed by atoms with Crippen LogP contribution in [-0.4, -0.2) is 50.3 Å². The van der Waals surface area contributed by atoms with E-state index in [2.05, 4.69) is 53.4 Å². The molecule has 1 amide bonds. The van der Waals surface area contributed by atoms with Crippen molar-refractivity contribution in [3.63, 3.8) is 0 Å². The summed E-state index contributed by atoms with van der Waals surface area (Å²) >= 11 is 0. The van der Waals surface area contributed by atoms with Crippen LogP contribution in [0.2, 0.25) is 0 Å². The monoisotopic (exact) mass is 300 g/mol. The van der Waals surface area contributed by atoms with Crippen molar-refractivity contribution >= 4 is 11.6 Å². The lowest BCUT2D eigenvalue weighted by Crippen LogP contribution is -2.59. The molecule has 0 saturated carbocycles. The van der Waals surface area contributed by atoms with Gasteiger partial charge in [-0.1, -0.05) is 6.07 Å². The zero-order valence-corrected chi connectivity index (χ0v) is 13.8. The molecule has 5 heteroatoms. The molecular formula is C17H24N4O. The molecule has 2 aromatic heterocycles. The summed E-state index contributed by atoms with van der Waals surface area (Å²) in [7, 11) is 0. The van der Waals surface area contributed by atoms with Crippen molar-refractivity contribution in [1.82, 2.24) is 19.2 Å². The molecule has 0 aromatic carbocycles. The molecule has 22 heavy (non-hydrogen) atoms. The van der Waals surface area contributed by atoms with E-state index in [1.54, 1.807) is 6.92 Å². The molecule has 1 saturated heterocycles. The summed E-state index contributed by atoms with van der Waals surface area (Å²) in [5.41, 5.74) is 3.38. The van der Waals surface area contributed by atoms with E-state index in [0.717, 1.165) is 31.8 Å². The van der Waals surface area contributed by atoms with Gasteiger partial charge in [-0.15, -0.1) is 0 Å². The maximum atomic E-state index is 11.6. The van der Waals surface area contributed by atoms with E-state index < -0.39 is 0 Å². The third-order valence-corrected chi connectivity index (χ3v) is 4.60. The second kappa shape index (κ2) is 5.39. The molecule has 3 heterocycles. The zero-order valence-electron chi connectivity index (χ0n) is 13.8. The highest BCUT2D eigenvalue weighted by molar-refractivity contribution is 5.73. The van der Waals surface area contributed by atoms with Gasteiger partial charge in [-0.3, -0.25) is 9.69 Å². The number of aromatic nitrogens is 2. The van der Waals surface area contributed by atoms with Crippen LogP contribution in [0.4, 0.5) is 0 Å². The molecular weight excluding hydrogens is 276 g/mol. The molecule has 1 aliphatic rings. The Morgan fingerprint density at radius 1 is 1.32 bits per heavy atom. The van der Waals surface area contributed by atoms with Crippen LogP contribution in [0.5, 0.6) is 0 Å². The molecule has 0 aliphatic carbocycles. The Bertz CT molecular complexity index is 704. The molecule has 2 aromatic rings. The number of rotatable bonds is 2. The van der Waals surface area contributed by atoms with Crippen LogP contribution in [-0.2, 0) is 11.3 Å². The average Bonchev–Trinajstić information content (AvgIpc) is 2.83. The molecule has 1 aliphatic heterocycles. The number of carbonyl (C=O) groups is 1. The fourth-order valence-corrected chi connectivity index (χ4v) is 3.20. The van der Waals surface area contributed by atoms with Gasteiger partial charge in [-0.25, -0.2) is 4.98 Å². The number of fused-ring (bicyclic) bond motifs is 1. The number of hydrogen-bond donors (Lipinski definition) is 0. The molecule has 5 nitrogen and oxygen atoms in total. The van der Waals surface area contributed by atoms with E-state index in [0.29, 0.717) is 0 Å². The smallest absolute Gasteiger partial charge is 0.219 e. The molecule has 1 fully saturated rings. The molecule has 0 radical (unpaired) electrons. The van der Waals surface area contributed by atoms with Gasteiger partial charge in [0.25, 0.3) is 0 Å². The fourth-order valence-electron chi connectivity index (χ4n) is 3.20. The third kappa shape index (κ3) is 2.73. The Kier molecular flexibility index (Phi) is 3.68. The molecule has 3 rings (SSSR count). The van der Waals surface area contributed by atoms with Crippen molar-refractivity contribution < 1.29 is 4.79 Å². The van der Waals surface area contributed by atoms with Crippen molar-refractivity contribution in [1.29, 1.82) is 0 Å². The minimum atomic E-state index is -0.0299. The summed E-state index contributed by atoms with van der Waals surface area (Å²) in [6.07, 6.45) is 4.10. The summed E-state index contributed by atoms with van der Waals surface area (Å²) in [6, 6.07) is 4.14. The van der Waals surface area contributed by atoms with E-state index in [1.807, 2.05) is 11.1 Å². The maximum Gasteiger partial charge on any atom is 0.219 e. The highest BCUT2D eigenvalue weighted by Crippen LogP contribution is 2.23. The Morgan fingerprint density at radius 2 is 2.09 bits per heavy atom. The van der Waals surface area contributed by atoms with Gasteiger partial charge < -0.3 is 9.30 Å². The number of pyridine rings is 1. The Labute approximate surface area is 131 Å². The summed E-state index contributed by atoms with van der Waals surface area (Å²) in [5, 5.41) is 0. The average molecular weight is 300 g/mol. The number of carbonyl (C=O) groups excluding carboxylic acids is 1. The van der Waals surface area contributed by atoms with E-state index in [-0.39, 0.29) is 11.4 Å². The maximum absolute atomic E-state index is 11.6. The van der Waals surface area contributed by atoms with E-state index in [1.165, 1.54) is 11.3 Å². The zero-order chi connectivity index (χ0) is 15.9. The van der Waals surface area contributed by atoms with Crippen molar-refractivity contribution in [2.24, 2.45) is 0 Å². The van der Waals surface area contributed by atoms with Crippen LogP contribution in [0.25, 0.3) is 5.65 Å². The SMILES string of the molecule is CC(=O)N1CCN(Cc2cnc3ccc(C)cn23)C(C)(C)C1. The second-order valence-corrected chi connectivity index (χ2v) is 6.86. The number of amides is 1. The van der Waals surface area contributed by atoms with Crippen molar-refractivity contribution in [3.05, 3.63) is 35.8 Å². The van der Waals surface area contributed by atoms with Gasteiger partial charge in [0.15, 0.2) is 0 Å². The quantitative estimate of drug-likeness (QED) is 0.852. The van der Waals surface area contributed by atoms with Gasteiger partial charge in [-0.2, -0.15) is 0 Å². The van der Waals surface area contributed by atoms with Gasteiger partial charge in [0, 0.05) is 44.8 Å². The minimum absolute atomic E-state index is 0.0299. The lowest BCUT2D eigenvalue weighted by molar-refractivity contribution is -0.134. The standard InChI is InChI=1S/C17H24N4O/c1-13-5-6-16-18-9-15(21(16)10-13)11-20-8-7-19(14(2)22)12-17(20,3)4/h5-6,9-10H,7-8,11-12H2,1-4H3. The van der Waals surface area contributed by atoms with E-state index in [4.69, 9.17) is 0 Å². The fraction of sp³-hybridized carbons (Fsp3) is 0.529. The third-order valence-electron chi connectivity index (χ3n) is 4.60. The van der Waals surface area contributed by atoms with Crippen LogP contribution in [0.15, 0.2) is 24.5 Å². The highest BCUT2D eigenvalue weighted by Gasteiger charge is 2.34. The summed E-state index contributed by atoms with van der Waals surface area (Å²) in [4.78, 5) is 20.5. The largest absolute Gasteiger partial charge is 0.340 e. The highest BCUT2D eigenvalue weighted by atomic mass is 16.2. The molecule has 0 spiro atoms. The van der Waals surface area contributed by atoms with E-state index >= 15 is 0 Å². The molecule has 118 valence electrons. The van der Waals surface area contributed by atoms with Gasteiger partial charge in [0.1, 0.15) is 5.65 Å². The lowest BCUT2D eigenvalue weighted by atomic mass is 9.98. The predicted molar refractivity (Wildman–Crippen MR) is 86.7 cm³/mol. The normalized spacial score (nSPS) is 18.8. The Morgan fingerprint density at radius 3 is 2.77 bits per heavy atom. The summed E-state index contributed by atoms with van der Waals surface area (Å²) in [5.74, 6) is 0.165. The van der Waals surface area contributed by atoms with Crippen LogP contribution >= 0.6 is 0 Å². The molecule has 0 atom stereocenters. The summed E-state index contributed by atoms with van der Waals surface area (Å²) in [6.45, 7) is 11.5. The second-order valence-electron chi connectivity index (χ2n) is 6.86. The van der Waals surface area contributed by atoms with Gasteiger partial charge >= 0.3 is 0 Å². The summed E-state index contributed by atoms with van der Waals surface area (Å²) < 4.78 is 2.17. The lowest BCUT2D eigenvalue weighted by Gasteiger charge is -2.46. The van der Waals surface area contributed by atoms with E-state index in [9.17, 15) is 4.79 Å². The minimum Gasteiger partial charge on any atom is -0.340 e. The first-order chi connectivity index (χ1) is 10.4. The number of imidazole rings is 1. The van der Waals surface area contributed by atoms with Crippen molar-refractivity contribution in [3.8, 4) is 0 Å². The first-order valence-electron chi connectivity index (χ1n) is 7.80. The van der Waals surface area contributed by atoms with Gasteiger partial charge in [-0.05, 0) is 32.4 Å². The predicted octanol–water partition coefficient (Wildman–Crippen LogP) is 2.09. The van der Waals surface area contributed by atoms with Crippen LogP contribution in [0, 0.1) is 6.92 Å². The number of nitrogens with zero attached hydrogens (tertiary/aromatic N) is 4. The Balaban J connectivity index is 1.83. The molecule has 0 N–H and O–H groups in total. The van der Waals surface area contributed by atoms with Gasteiger partial charge in [0.2, 0.25) is 5.91 Å². The van der Waals surface area contributed by atoms with Gasteiger partial charge in [0.05, 0.1) is 11.9 Å². The number of piperazine rings is 1. The van der Waals surface area contributed by atoms with Crippen LogP contribution < -0.4 is 0 Å². The first kappa shape index (κ1) is 15.0. The topological polar surface area (TPSA) is 40.9 Å². The van der Waals surface area contributed by atoms with Crippen molar-refractivity contribution in [2.75, 3.05) is 19.6 Å². The first-order valence-corrected chi connectivity index (χ1v) is 7.80. The van der Waals surface area contributed by atoms with Crippen molar-refractivity contribution in [2.45, 2.75) is 39.8 Å². The number of aryl methyl sites for hydroxylation is 1. The number of hydrogen-bond acceptors (Lipinski definition) is 3. The van der Waals surface area contributed by atoms with Crippen LogP contribution in [0.3, 0.4) is 0 Å². The molecule has 0 unspecified atom stereocenters.